The van der Waals surface area contributed by atoms with Crippen molar-refractivity contribution in [3.63, 3.8) is 0 Å². The lowest BCUT2D eigenvalue weighted by Gasteiger charge is -2.18. The summed E-state index contributed by atoms with van der Waals surface area (Å²) in [5.74, 6) is 0.598. The van der Waals surface area contributed by atoms with Crippen LogP contribution in [0.5, 0.6) is 0 Å². The third-order valence-electron chi connectivity index (χ3n) is 4.95. The number of imidazole rings is 1. The maximum atomic E-state index is 6.34. The first-order valence-electron chi connectivity index (χ1n) is 9.08. The van der Waals surface area contributed by atoms with Gasteiger partial charge in [0.2, 0.25) is 5.90 Å². The lowest BCUT2D eigenvalue weighted by Crippen LogP contribution is -2.09. The van der Waals surface area contributed by atoms with Gasteiger partial charge in [-0.1, -0.05) is 66.7 Å². The molecule has 3 heterocycles. The van der Waals surface area contributed by atoms with E-state index in [4.69, 9.17) is 14.7 Å². The number of ether oxygens (including phenoxy) is 1. The Morgan fingerprint density at radius 2 is 1.56 bits per heavy atom. The van der Waals surface area contributed by atoms with E-state index in [0.29, 0.717) is 5.90 Å². The van der Waals surface area contributed by atoms with Gasteiger partial charge in [-0.05, 0) is 29.7 Å². The summed E-state index contributed by atoms with van der Waals surface area (Å²) in [5.41, 5.74) is 5.08. The first kappa shape index (κ1) is 15.8. The quantitative estimate of drug-likeness (QED) is 0.525. The molecular formula is C23H19N3O. The lowest BCUT2D eigenvalue weighted by atomic mass is 9.97. The fourth-order valence-electron chi connectivity index (χ4n) is 3.58. The van der Waals surface area contributed by atoms with Gasteiger partial charge in [-0.25, -0.2) is 9.98 Å². The number of pyridine rings is 1. The standard InChI is InChI=1S/C23H19N3O/c1-16-9-8-14-26-15-19(24-22(16)26)23-25-20(17-10-4-2-5-11-17)21(27-23)18-12-6-3-7-13-18/h2-15,20-21H,1H3/t20-,21-/m1/s1. The third-order valence-corrected chi connectivity index (χ3v) is 4.95. The van der Waals surface area contributed by atoms with Crippen LogP contribution in [0.3, 0.4) is 0 Å². The molecule has 0 saturated carbocycles. The van der Waals surface area contributed by atoms with Gasteiger partial charge in [-0.15, -0.1) is 0 Å². The summed E-state index contributed by atoms with van der Waals surface area (Å²) in [7, 11) is 0. The van der Waals surface area contributed by atoms with Gasteiger partial charge in [-0.3, -0.25) is 0 Å². The Bertz CT molecular complexity index is 1120. The summed E-state index contributed by atoms with van der Waals surface area (Å²) in [6.07, 6.45) is 3.82. The fourth-order valence-corrected chi connectivity index (χ4v) is 3.58. The summed E-state index contributed by atoms with van der Waals surface area (Å²) >= 11 is 0. The molecule has 0 unspecified atom stereocenters. The molecule has 5 rings (SSSR count). The third kappa shape index (κ3) is 2.79. The van der Waals surface area contributed by atoms with Crippen molar-refractivity contribution >= 4 is 11.5 Å². The molecule has 2 atom stereocenters. The van der Waals surface area contributed by atoms with E-state index in [9.17, 15) is 0 Å². The normalized spacial score (nSPS) is 19.1. The Hall–Kier alpha value is -3.40. The molecule has 2 aromatic carbocycles. The molecule has 0 N–H and O–H groups in total. The monoisotopic (exact) mass is 353 g/mol. The number of hydrogen-bond donors (Lipinski definition) is 0. The number of aromatic nitrogens is 2. The predicted molar refractivity (Wildman–Crippen MR) is 106 cm³/mol. The summed E-state index contributed by atoms with van der Waals surface area (Å²) in [5, 5.41) is 0. The Morgan fingerprint density at radius 3 is 2.26 bits per heavy atom. The average Bonchev–Trinajstić information content (AvgIpc) is 3.35. The van der Waals surface area contributed by atoms with Crippen molar-refractivity contribution in [1.82, 2.24) is 9.38 Å². The molecule has 0 amide bonds. The molecule has 0 bridgehead atoms. The first-order valence-corrected chi connectivity index (χ1v) is 9.08. The van der Waals surface area contributed by atoms with Crippen LogP contribution in [0, 0.1) is 6.92 Å². The van der Waals surface area contributed by atoms with E-state index < -0.39 is 0 Å². The summed E-state index contributed by atoms with van der Waals surface area (Å²) in [4.78, 5) is 9.69. The first-order chi connectivity index (χ1) is 13.3. The van der Waals surface area contributed by atoms with E-state index in [1.54, 1.807) is 0 Å². The highest BCUT2D eigenvalue weighted by atomic mass is 16.5. The minimum atomic E-state index is -0.158. The molecule has 1 aliphatic rings. The summed E-state index contributed by atoms with van der Waals surface area (Å²) < 4.78 is 8.36. The van der Waals surface area contributed by atoms with Crippen LogP contribution in [-0.2, 0) is 4.74 Å². The van der Waals surface area contributed by atoms with Gasteiger partial charge in [0.1, 0.15) is 17.4 Å². The minimum absolute atomic E-state index is 0.0884. The number of aryl methyl sites for hydroxylation is 1. The van der Waals surface area contributed by atoms with Crippen LogP contribution in [-0.4, -0.2) is 15.3 Å². The SMILES string of the molecule is Cc1cccn2cc(C3=N[C@H](c4ccccc4)[C@@H](c4ccccc4)O3)nc12. The van der Waals surface area contributed by atoms with Gasteiger partial charge < -0.3 is 9.14 Å². The second-order valence-corrected chi connectivity index (χ2v) is 6.79. The van der Waals surface area contributed by atoms with Crippen molar-refractivity contribution in [3.8, 4) is 0 Å². The highest BCUT2D eigenvalue weighted by Gasteiger charge is 2.34. The van der Waals surface area contributed by atoms with Gasteiger partial charge >= 0.3 is 0 Å². The number of rotatable bonds is 3. The number of aliphatic imine (C=N–C) groups is 1. The molecule has 27 heavy (non-hydrogen) atoms. The molecule has 132 valence electrons. The van der Waals surface area contributed by atoms with E-state index in [-0.39, 0.29) is 12.1 Å². The molecule has 4 nitrogen and oxygen atoms in total. The average molecular weight is 353 g/mol. The maximum Gasteiger partial charge on any atom is 0.238 e. The van der Waals surface area contributed by atoms with E-state index in [1.807, 2.05) is 59.3 Å². The number of nitrogens with zero attached hydrogens (tertiary/aromatic N) is 3. The summed E-state index contributed by atoms with van der Waals surface area (Å²) in [6, 6.07) is 24.6. The molecule has 1 aliphatic heterocycles. The van der Waals surface area contributed by atoms with Crippen molar-refractivity contribution in [2.75, 3.05) is 0 Å². The molecule has 4 heteroatoms. The van der Waals surface area contributed by atoms with Gasteiger partial charge in [0.15, 0.2) is 6.10 Å². The molecule has 2 aromatic heterocycles. The van der Waals surface area contributed by atoms with Crippen LogP contribution < -0.4 is 0 Å². The number of fused-ring (bicyclic) bond motifs is 1. The second kappa shape index (κ2) is 6.40. The zero-order chi connectivity index (χ0) is 18.2. The highest BCUT2D eigenvalue weighted by molar-refractivity contribution is 5.94. The Labute approximate surface area is 157 Å². The fraction of sp³-hybridized carbons (Fsp3) is 0.130. The molecule has 0 fully saturated rings. The van der Waals surface area contributed by atoms with Gasteiger partial charge in [0.25, 0.3) is 0 Å². The Kier molecular flexibility index (Phi) is 3.75. The van der Waals surface area contributed by atoms with E-state index >= 15 is 0 Å². The van der Waals surface area contributed by atoms with Gasteiger partial charge in [0.05, 0.1) is 0 Å². The smallest absolute Gasteiger partial charge is 0.238 e. The molecule has 0 saturated heterocycles. The molecule has 0 spiro atoms. The zero-order valence-corrected chi connectivity index (χ0v) is 15.0. The van der Waals surface area contributed by atoms with Crippen LogP contribution in [0.2, 0.25) is 0 Å². The van der Waals surface area contributed by atoms with Crippen LogP contribution in [0.15, 0.2) is 90.2 Å². The molecule has 0 radical (unpaired) electrons. The number of benzene rings is 2. The molecule has 4 aromatic rings. The highest BCUT2D eigenvalue weighted by Crippen LogP contribution is 2.40. The number of hydrogen-bond acceptors (Lipinski definition) is 3. The van der Waals surface area contributed by atoms with Crippen molar-refractivity contribution < 1.29 is 4.74 Å². The Morgan fingerprint density at radius 1 is 0.852 bits per heavy atom. The summed E-state index contributed by atoms with van der Waals surface area (Å²) in [6.45, 7) is 2.06. The lowest BCUT2D eigenvalue weighted by molar-refractivity contribution is 0.196. The van der Waals surface area contributed by atoms with Crippen molar-refractivity contribution in [2.45, 2.75) is 19.1 Å². The maximum absolute atomic E-state index is 6.34. The minimum Gasteiger partial charge on any atom is -0.465 e. The second-order valence-electron chi connectivity index (χ2n) is 6.79. The van der Waals surface area contributed by atoms with Crippen molar-refractivity contribution in [3.05, 3.63) is 108 Å². The Balaban J connectivity index is 1.59. The van der Waals surface area contributed by atoms with Crippen LogP contribution in [0.4, 0.5) is 0 Å². The van der Waals surface area contributed by atoms with Gasteiger partial charge in [0, 0.05) is 12.4 Å². The molecule has 0 aliphatic carbocycles. The van der Waals surface area contributed by atoms with Crippen LogP contribution in [0.1, 0.15) is 34.5 Å². The van der Waals surface area contributed by atoms with E-state index in [0.717, 1.165) is 28.0 Å². The molecular weight excluding hydrogens is 334 g/mol. The van der Waals surface area contributed by atoms with Crippen molar-refractivity contribution in [1.29, 1.82) is 0 Å². The predicted octanol–water partition coefficient (Wildman–Crippen LogP) is 4.90. The largest absolute Gasteiger partial charge is 0.465 e. The van der Waals surface area contributed by atoms with E-state index in [2.05, 4.69) is 37.3 Å². The van der Waals surface area contributed by atoms with Crippen LogP contribution >= 0.6 is 0 Å². The van der Waals surface area contributed by atoms with Crippen molar-refractivity contribution in [2.24, 2.45) is 4.99 Å². The zero-order valence-electron chi connectivity index (χ0n) is 15.0. The van der Waals surface area contributed by atoms with Crippen LogP contribution in [0.25, 0.3) is 5.65 Å². The van der Waals surface area contributed by atoms with Gasteiger partial charge in [-0.2, -0.15) is 0 Å². The topological polar surface area (TPSA) is 38.9 Å². The van der Waals surface area contributed by atoms with E-state index in [1.165, 1.54) is 0 Å².